The fraction of sp³-hybridized carbons (Fsp3) is 0.522. The van der Waals surface area contributed by atoms with Crippen LogP contribution in [0.25, 0.3) is 0 Å². The zero-order chi connectivity index (χ0) is 21.5. The largest absolute Gasteiger partial charge is 0.368 e. The molecule has 1 amide bonds. The van der Waals surface area contributed by atoms with Crippen LogP contribution in [0.1, 0.15) is 30.9 Å². The summed E-state index contributed by atoms with van der Waals surface area (Å²) in [5.41, 5.74) is 2.38. The summed E-state index contributed by atoms with van der Waals surface area (Å²) in [6.07, 6.45) is 5.37. The van der Waals surface area contributed by atoms with Crippen molar-refractivity contribution in [1.82, 2.24) is 24.9 Å². The minimum absolute atomic E-state index is 0. The first-order valence-electron chi connectivity index (χ1n) is 11.2. The Labute approximate surface area is 207 Å². The molecule has 3 heterocycles. The summed E-state index contributed by atoms with van der Waals surface area (Å²) >= 11 is 0. The molecular formula is C23H33IN6O2. The number of amides is 1. The van der Waals surface area contributed by atoms with Crippen molar-refractivity contribution < 1.29 is 9.53 Å². The number of halogens is 1. The Balaban J connectivity index is 0.00000289. The first-order valence-corrected chi connectivity index (χ1v) is 11.2. The van der Waals surface area contributed by atoms with Gasteiger partial charge in [-0.25, -0.2) is 4.99 Å². The summed E-state index contributed by atoms with van der Waals surface area (Å²) in [7, 11) is 0. The normalized spacial score (nSPS) is 19.0. The van der Waals surface area contributed by atoms with Gasteiger partial charge in [0.05, 0.1) is 13.1 Å². The first-order chi connectivity index (χ1) is 15.2. The van der Waals surface area contributed by atoms with Gasteiger partial charge in [0.1, 0.15) is 6.10 Å². The number of piperazine rings is 1. The molecule has 4 rings (SSSR count). The minimum Gasteiger partial charge on any atom is -0.368 e. The number of rotatable bonds is 6. The third-order valence-corrected chi connectivity index (χ3v) is 5.74. The molecule has 1 aromatic heterocycles. The molecule has 174 valence electrons. The van der Waals surface area contributed by atoms with Crippen LogP contribution in [0.3, 0.4) is 0 Å². The number of ether oxygens (including phenoxy) is 1. The molecule has 0 radical (unpaired) electrons. The lowest BCUT2D eigenvalue weighted by molar-refractivity contribution is -0.142. The van der Waals surface area contributed by atoms with E-state index >= 15 is 0 Å². The van der Waals surface area contributed by atoms with E-state index in [2.05, 4.69) is 46.5 Å². The lowest BCUT2D eigenvalue weighted by Gasteiger charge is -2.37. The Hall–Kier alpha value is -2.14. The molecule has 2 aromatic rings. The Morgan fingerprint density at radius 1 is 1.19 bits per heavy atom. The summed E-state index contributed by atoms with van der Waals surface area (Å²) in [6, 6.07) is 10.4. The summed E-state index contributed by atoms with van der Waals surface area (Å²) in [4.78, 5) is 21.6. The highest BCUT2D eigenvalue weighted by Crippen LogP contribution is 2.16. The Morgan fingerprint density at radius 2 is 1.97 bits per heavy atom. The van der Waals surface area contributed by atoms with E-state index in [9.17, 15) is 4.79 Å². The number of hydrogen-bond acceptors (Lipinski definition) is 4. The van der Waals surface area contributed by atoms with Gasteiger partial charge in [0, 0.05) is 51.7 Å². The number of nitrogens with one attached hydrogen (secondary N) is 1. The molecule has 2 aliphatic rings. The van der Waals surface area contributed by atoms with E-state index in [4.69, 9.17) is 9.73 Å². The van der Waals surface area contributed by atoms with Crippen molar-refractivity contribution >= 4 is 35.8 Å². The third-order valence-electron chi connectivity index (χ3n) is 5.74. The number of aliphatic imine (C=N–C) groups is 1. The molecule has 9 heteroatoms. The summed E-state index contributed by atoms with van der Waals surface area (Å²) < 4.78 is 7.49. The number of hydrogen-bond donors (Lipinski definition) is 1. The average Bonchev–Trinajstić information content (AvgIpc) is 3.51. The second kappa shape index (κ2) is 12.2. The van der Waals surface area contributed by atoms with Crippen LogP contribution in [0, 0.1) is 0 Å². The van der Waals surface area contributed by atoms with Gasteiger partial charge in [-0.3, -0.25) is 9.48 Å². The van der Waals surface area contributed by atoms with Crippen LogP contribution in [0.4, 0.5) is 0 Å². The molecule has 2 saturated heterocycles. The lowest BCUT2D eigenvalue weighted by atomic mass is 10.1. The number of benzene rings is 1. The molecule has 1 N–H and O–H groups in total. The minimum atomic E-state index is -0.234. The van der Waals surface area contributed by atoms with Gasteiger partial charge < -0.3 is 19.9 Å². The zero-order valence-corrected chi connectivity index (χ0v) is 21.0. The van der Waals surface area contributed by atoms with Crippen molar-refractivity contribution in [2.24, 2.45) is 4.99 Å². The predicted molar refractivity (Wildman–Crippen MR) is 135 cm³/mol. The highest BCUT2D eigenvalue weighted by atomic mass is 127. The summed E-state index contributed by atoms with van der Waals surface area (Å²) in [5.74, 6) is 1.05. The molecule has 2 aliphatic heterocycles. The van der Waals surface area contributed by atoms with E-state index in [0.717, 1.165) is 45.0 Å². The Morgan fingerprint density at radius 3 is 2.66 bits per heavy atom. The highest BCUT2D eigenvalue weighted by molar-refractivity contribution is 14.0. The standard InChI is InChI=1S/C23H32N6O2.HI/c1-2-24-23(28-13-11-27(12-14-28)22(30)21-8-4-15-31-21)25-17-19-6-3-7-20(16-19)18-29-10-5-9-26-29;/h3,5-7,9-10,16,21H,2,4,8,11-15,17-18H2,1H3,(H,24,25);1H. The SMILES string of the molecule is CCNC(=NCc1cccc(Cn2cccn2)c1)N1CCN(C(=O)C2CCCO2)CC1.I. The fourth-order valence-electron chi connectivity index (χ4n) is 4.11. The quantitative estimate of drug-likeness (QED) is 0.339. The molecule has 0 spiro atoms. The number of carbonyl (C=O) groups is 1. The van der Waals surface area contributed by atoms with Crippen LogP contribution in [0.5, 0.6) is 0 Å². The van der Waals surface area contributed by atoms with Crippen LogP contribution >= 0.6 is 24.0 Å². The van der Waals surface area contributed by atoms with E-state index in [1.807, 2.05) is 21.8 Å². The second-order valence-electron chi connectivity index (χ2n) is 8.01. The van der Waals surface area contributed by atoms with Crippen LogP contribution in [0.2, 0.25) is 0 Å². The van der Waals surface area contributed by atoms with Crippen molar-refractivity contribution in [1.29, 1.82) is 0 Å². The predicted octanol–water partition coefficient (Wildman–Crippen LogP) is 2.34. The number of guanidine groups is 1. The molecule has 1 aromatic carbocycles. The molecule has 1 atom stereocenters. The Bertz CT molecular complexity index is 874. The smallest absolute Gasteiger partial charge is 0.251 e. The molecule has 8 nitrogen and oxygen atoms in total. The Kier molecular flexibility index (Phi) is 9.34. The van der Waals surface area contributed by atoms with E-state index in [1.165, 1.54) is 11.1 Å². The second-order valence-corrected chi connectivity index (χ2v) is 8.01. The molecule has 1 unspecified atom stereocenters. The molecular weight excluding hydrogens is 519 g/mol. The number of carbonyl (C=O) groups excluding carboxylic acids is 1. The van der Waals surface area contributed by atoms with Crippen molar-refractivity contribution in [2.45, 2.75) is 39.0 Å². The summed E-state index contributed by atoms with van der Waals surface area (Å²) in [6.45, 7) is 7.95. The first kappa shape index (κ1) is 24.5. The van der Waals surface area contributed by atoms with E-state index < -0.39 is 0 Å². The number of aromatic nitrogens is 2. The van der Waals surface area contributed by atoms with E-state index in [1.54, 1.807) is 6.20 Å². The number of nitrogens with zero attached hydrogens (tertiary/aromatic N) is 5. The van der Waals surface area contributed by atoms with Crippen LogP contribution in [-0.4, -0.2) is 76.9 Å². The molecule has 0 aliphatic carbocycles. The van der Waals surface area contributed by atoms with Crippen LogP contribution in [0.15, 0.2) is 47.7 Å². The maximum atomic E-state index is 12.6. The molecule has 32 heavy (non-hydrogen) atoms. The average molecular weight is 552 g/mol. The van der Waals surface area contributed by atoms with Gasteiger partial charge in [0.15, 0.2) is 5.96 Å². The van der Waals surface area contributed by atoms with Gasteiger partial charge in [0.25, 0.3) is 5.91 Å². The van der Waals surface area contributed by atoms with E-state index in [-0.39, 0.29) is 36.0 Å². The van der Waals surface area contributed by atoms with E-state index in [0.29, 0.717) is 26.2 Å². The fourth-order valence-corrected chi connectivity index (χ4v) is 4.11. The van der Waals surface area contributed by atoms with Gasteiger partial charge >= 0.3 is 0 Å². The van der Waals surface area contributed by atoms with Crippen molar-refractivity contribution in [3.05, 3.63) is 53.9 Å². The summed E-state index contributed by atoms with van der Waals surface area (Å²) in [5, 5.41) is 7.69. The van der Waals surface area contributed by atoms with Crippen molar-refractivity contribution in [3.63, 3.8) is 0 Å². The van der Waals surface area contributed by atoms with Crippen LogP contribution in [-0.2, 0) is 22.6 Å². The maximum Gasteiger partial charge on any atom is 0.251 e. The van der Waals surface area contributed by atoms with Gasteiger partial charge in [-0.2, -0.15) is 5.10 Å². The molecule has 2 fully saturated rings. The topological polar surface area (TPSA) is 75.0 Å². The van der Waals surface area contributed by atoms with Crippen molar-refractivity contribution in [2.75, 3.05) is 39.3 Å². The van der Waals surface area contributed by atoms with Gasteiger partial charge in [-0.1, -0.05) is 24.3 Å². The van der Waals surface area contributed by atoms with Gasteiger partial charge in [-0.15, -0.1) is 24.0 Å². The van der Waals surface area contributed by atoms with Crippen molar-refractivity contribution in [3.8, 4) is 0 Å². The third kappa shape index (κ3) is 6.44. The zero-order valence-electron chi connectivity index (χ0n) is 18.7. The maximum absolute atomic E-state index is 12.6. The monoisotopic (exact) mass is 552 g/mol. The van der Waals surface area contributed by atoms with Crippen LogP contribution < -0.4 is 5.32 Å². The lowest BCUT2D eigenvalue weighted by Crippen LogP contribution is -2.55. The van der Waals surface area contributed by atoms with Gasteiger partial charge in [-0.05, 0) is 37.0 Å². The van der Waals surface area contributed by atoms with Gasteiger partial charge in [0.2, 0.25) is 0 Å². The highest BCUT2D eigenvalue weighted by Gasteiger charge is 2.30. The molecule has 0 bridgehead atoms. The molecule has 0 saturated carbocycles.